The van der Waals surface area contributed by atoms with Gasteiger partial charge in [0.1, 0.15) is 0 Å². The normalized spacial score (nSPS) is 12.5. The lowest BCUT2D eigenvalue weighted by Gasteiger charge is -2.11. The van der Waals surface area contributed by atoms with E-state index in [0.29, 0.717) is 6.54 Å². The molecule has 0 aliphatic rings. The van der Waals surface area contributed by atoms with E-state index >= 15 is 0 Å². The van der Waals surface area contributed by atoms with Crippen molar-refractivity contribution in [3.8, 4) is 0 Å². The minimum atomic E-state index is -0.0103. The van der Waals surface area contributed by atoms with Gasteiger partial charge in [-0.2, -0.15) is 5.10 Å². The molecule has 0 saturated heterocycles. The van der Waals surface area contributed by atoms with Crippen molar-refractivity contribution in [1.82, 2.24) is 20.4 Å². The van der Waals surface area contributed by atoms with Gasteiger partial charge in [0.15, 0.2) is 0 Å². The van der Waals surface area contributed by atoms with Crippen LogP contribution in [-0.2, 0) is 11.8 Å². The predicted molar refractivity (Wildman–Crippen MR) is 53.7 cm³/mol. The molecular weight excluding hydrogens is 180 g/mol. The topological polar surface area (TPSA) is 59.0 Å². The smallest absolute Gasteiger partial charge is 0.234 e. The highest BCUT2D eigenvalue weighted by Gasteiger charge is 2.09. The highest BCUT2D eigenvalue weighted by molar-refractivity contribution is 5.78. The van der Waals surface area contributed by atoms with Gasteiger partial charge in [0.2, 0.25) is 5.91 Å². The van der Waals surface area contributed by atoms with Crippen LogP contribution in [-0.4, -0.2) is 29.3 Å². The third-order valence-electron chi connectivity index (χ3n) is 1.94. The van der Waals surface area contributed by atoms with Crippen molar-refractivity contribution in [3.63, 3.8) is 0 Å². The zero-order valence-corrected chi connectivity index (χ0v) is 8.74. The molecule has 0 radical (unpaired) electrons. The second-order valence-corrected chi connectivity index (χ2v) is 3.27. The second-order valence-electron chi connectivity index (χ2n) is 3.27. The fourth-order valence-electron chi connectivity index (χ4n) is 1.20. The fourth-order valence-corrected chi connectivity index (χ4v) is 1.20. The summed E-state index contributed by atoms with van der Waals surface area (Å²) >= 11 is 0. The number of aryl methyl sites for hydroxylation is 1. The number of nitrogens with one attached hydrogen (secondary N) is 2. The monoisotopic (exact) mass is 196 g/mol. The van der Waals surface area contributed by atoms with Crippen molar-refractivity contribution in [2.45, 2.75) is 13.0 Å². The van der Waals surface area contributed by atoms with Gasteiger partial charge in [-0.05, 0) is 14.0 Å². The van der Waals surface area contributed by atoms with Crippen LogP contribution >= 0.6 is 0 Å². The van der Waals surface area contributed by atoms with Crippen LogP contribution in [0.5, 0.6) is 0 Å². The Labute approximate surface area is 83.5 Å². The summed E-state index contributed by atoms with van der Waals surface area (Å²) in [4.78, 5) is 11.2. The van der Waals surface area contributed by atoms with Gasteiger partial charge in [-0.1, -0.05) is 0 Å². The molecule has 0 aliphatic carbocycles. The third-order valence-corrected chi connectivity index (χ3v) is 1.94. The van der Waals surface area contributed by atoms with Crippen molar-refractivity contribution < 1.29 is 4.79 Å². The number of carbonyl (C=O) groups is 1. The SMILES string of the molecule is CNCC(=O)NC(C)c1cnn(C)c1. The third kappa shape index (κ3) is 2.85. The van der Waals surface area contributed by atoms with Crippen molar-refractivity contribution >= 4 is 5.91 Å². The molecule has 1 rings (SSSR count). The molecule has 5 heteroatoms. The molecular formula is C9H16N4O. The summed E-state index contributed by atoms with van der Waals surface area (Å²) in [6, 6.07) is 0.00421. The van der Waals surface area contributed by atoms with Crippen LogP contribution in [0.3, 0.4) is 0 Å². The maximum absolute atomic E-state index is 11.2. The summed E-state index contributed by atoms with van der Waals surface area (Å²) < 4.78 is 1.72. The summed E-state index contributed by atoms with van der Waals surface area (Å²) in [7, 11) is 3.60. The van der Waals surface area contributed by atoms with Gasteiger partial charge in [-0.15, -0.1) is 0 Å². The Hall–Kier alpha value is -1.36. The van der Waals surface area contributed by atoms with Gasteiger partial charge in [0, 0.05) is 18.8 Å². The summed E-state index contributed by atoms with van der Waals surface area (Å²) in [6.45, 7) is 2.27. The van der Waals surface area contributed by atoms with Gasteiger partial charge in [-0.25, -0.2) is 0 Å². The van der Waals surface area contributed by atoms with Crippen LogP contribution in [0.4, 0.5) is 0 Å². The number of aromatic nitrogens is 2. The quantitative estimate of drug-likeness (QED) is 0.702. The highest BCUT2D eigenvalue weighted by atomic mass is 16.1. The number of likely N-dealkylation sites (N-methyl/N-ethyl adjacent to an activating group) is 1. The largest absolute Gasteiger partial charge is 0.348 e. The number of amides is 1. The van der Waals surface area contributed by atoms with E-state index in [4.69, 9.17) is 0 Å². The minimum absolute atomic E-state index is 0.00421. The summed E-state index contributed by atoms with van der Waals surface area (Å²) in [5.74, 6) is -0.0103. The van der Waals surface area contributed by atoms with Gasteiger partial charge < -0.3 is 10.6 Å². The lowest BCUT2D eigenvalue weighted by molar-refractivity contribution is -0.120. The molecule has 1 aromatic heterocycles. The van der Waals surface area contributed by atoms with Crippen LogP contribution in [0.15, 0.2) is 12.4 Å². The van der Waals surface area contributed by atoms with E-state index in [2.05, 4.69) is 15.7 Å². The van der Waals surface area contributed by atoms with Crippen LogP contribution in [0.2, 0.25) is 0 Å². The number of hydrogen-bond acceptors (Lipinski definition) is 3. The Morgan fingerprint density at radius 2 is 2.43 bits per heavy atom. The standard InChI is InChI=1S/C9H16N4O/c1-7(12-9(14)5-10-2)8-4-11-13(3)6-8/h4,6-7,10H,5H2,1-3H3,(H,12,14). The molecule has 0 spiro atoms. The van der Waals surface area contributed by atoms with Crippen LogP contribution in [0.25, 0.3) is 0 Å². The average Bonchev–Trinajstić information content (AvgIpc) is 2.52. The molecule has 1 amide bonds. The highest BCUT2D eigenvalue weighted by Crippen LogP contribution is 2.09. The molecule has 78 valence electrons. The molecule has 14 heavy (non-hydrogen) atoms. The second kappa shape index (κ2) is 4.76. The maximum Gasteiger partial charge on any atom is 0.234 e. The first-order chi connectivity index (χ1) is 6.63. The molecule has 1 atom stereocenters. The van der Waals surface area contributed by atoms with Gasteiger partial charge in [-0.3, -0.25) is 9.48 Å². The minimum Gasteiger partial charge on any atom is -0.348 e. The van der Waals surface area contributed by atoms with E-state index in [9.17, 15) is 4.79 Å². The number of rotatable bonds is 4. The number of hydrogen-bond donors (Lipinski definition) is 2. The average molecular weight is 196 g/mol. The van der Waals surface area contributed by atoms with Gasteiger partial charge in [0.05, 0.1) is 18.8 Å². The van der Waals surface area contributed by atoms with Crippen molar-refractivity contribution in [3.05, 3.63) is 18.0 Å². The Morgan fingerprint density at radius 3 is 2.93 bits per heavy atom. The first-order valence-corrected chi connectivity index (χ1v) is 4.56. The fraction of sp³-hybridized carbons (Fsp3) is 0.556. The Balaban J connectivity index is 2.50. The zero-order valence-electron chi connectivity index (χ0n) is 8.74. The first-order valence-electron chi connectivity index (χ1n) is 4.56. The Kier molecular flexibility index (Phi) is 3.64. The van der Waals surface area contributed by atoms with E-state index in [0.717, 1.165) is 5.56 Å². The molecule has 0 bridgehead atoms. The van der Waals surface area contributed by atoms with E-state index < -0.39 is 0 Å². The van der Waals surface area contributed by atoms with Crippen molar-refractivity contribution in [2.75, 3.05) is 13.6 Å². The van der Waals surface area contributed by atoms with E-state index in [-0.39, 0.29) is 11.9 Å². The molecule has 1 unspecified atom stereocenters. The van der Waals surface area contributed by atoms with Crippen LogP contribution in [0, 0.1) is 0 Å². The molecule has 0 aliphatic heterocycles. The summed E-state index contributed by atoms with van der Waals surface area (Å²) in [5, 5.41) is 9.69. The molecule has 0 aromatic carbocycles. The van der Waals surface area contributed by atoms with Crippen LogP contribution in [0.1, 0.15) is 18.5 Å². The zero-order chi connectivity index (χ0) is 10.6. The molecule has 1 aromatic rings. The molecule has 0 fully saturated rings. The molecule has 2 N–H and O–H groups in total. The molecule has 5 nitrogen and oxygen atoms in total. The summed E-state index contributed by atoms with van der Waals surface area (Å²) in [5.41, 5.74) is 1.01. The predicted octanol–water partition coefficient (Wildman–Crippen LogP) is -0.183. The lowest BCUT2D eigenvalue weighted by atomic mass is 10.2. The first kappa shape index (κ1) is 10.7. The molecule has 0 saturated carbocycles. The van der Waals surface area contributed by atoms with Gasteiger partial charge >= 0.3 is 0 Å². The number of carbonyl (C=O) groups excluding carboxylic acids is 1. The van der Waals surface area contributed by atoms with E-state index in [1.165, 1.54) is 0 Å². The number of nitrogens with zero attached hydrogens (tertiary/aromatic N) is 2. The Morgan fingerprint density at radius 1 is 1.71 bits per heavy atom. The maximum atomic E-state index is 11.2. The van der Waals surface area contributed by atoms with E-state index in [1.54, 1.807) is 17.9 Å². The lowest BCUT2D eigenvalue weighted by Crippen LogP contribution is -2.33. The molecule has 1 heterocycles. The van der Waals surface area contributed by atoms with Crippen LogP contribution < -0.4 is 10.6 Å². The van der Waals surface area contributed by atoms with Gasteiger partial charge in [0.25, 0.3) is 0 Å². The summed E-state index contributed by atoms with van der Waals surface area (Å²) in [6.07, 6.45) is 3.65. The van der Waals surface area contributed by atoms with Crippen molar-refractivity contribution in [2.24, 2.45) is 7.05 Å². The van der Waals surface area contributed by atoms with Crippen molar-refractivity contribution in [1.29, 1.82) is 0 Å². The van der Waals surface area contributed by atoms with E-state index in [1.807, 2.05) is 20.2 Å². The Bertz CT molecular complexity index is 308.